The lowest BCUT2D eigenvalue weighted by molar-refractivity contribution is -0.378. The second kappa shape index (κ2) is 9.89. The van der Waals surface area contributed by atoms with E-state index in [0.29, 0.717) is 5.92 Å². The summed E-state index contributed by atoms with van der Waals surface area (Å²) in [6, 6.07) is 0. The molecule has 1 heterocycles. The minimum Gasteiger partial charge on any atom is -0.469 e. The highest BCUT2D eigenvalue weighted by molar-refractivity contribution is 5.70. The fourth-order valence-corrected chi connectivity index (χ4v) is 2.92. The van der Waals surface area contributed by atoms with Gasteiger partial charge in [0.2, 0.25) is 0 Å². The third-order valence-electron chi connectivity index (χ3n) is 4.55. The van der Waals surface area contributed by atoms with Crippen LogP contribution in [-0.4, -0.2) is 24.8 Å². The Bertz CT molecular complexity index is 427. The second-order valence-corrected chi connectivity index (χ2v) is 6.15. The molecule has 4 heteroatoms. The minimum absolute atomic E-state index is 0.197. The van der Waals surface area contributed by atoms with Crippen LogP contribution < -0.4 is 0 Å². The fourth-order valence-electron chi connectivity index (χ4n) is 2.92. The zero-order valence-electron chi connectivity index (χ0n) is 15.3. The van der Waals surface area contributed by atoms with Gasteiger partial charge < -0.3 is 4.74 Å². The predicted molar refractivity (Wildman–Crippen MR) is 91.8 cm³/mol. The summed E-state index contributed by atoms with van der Waals surface area (Å²) in [4.78, 5) is 22.9. The lowest BCUT2D eigenvalue weighted by atomic mass is 9.83. The number of hydrogen-bond acceptors (Lipinski definition) is 4. The van der Waals surface area contributed by atoms with Crippen LogP contribution >= 0.6 is 0 Å². The molecule has 23 heavy (non-hydrogen) atoms. The third kappa shape index (κ3) is 5.78. The van der Waals surface area contributed by atoms with E-state index in [-0.39, 0.29) is 18.5 Å². The van der Waals surface area contributed by atoms with Crippen molar-refractivity contribution in [3.05, 3.63) is 23.8 Å². The van der Waals surface area contributed by atoms with E-state index in [1.165, 1.54) is 7.11 Å². The van der Waals surface area contributed by atoms with Crippen LogP contribution in [0.1, 0.15) is 66.2 Å². The maximum absolute atomic E-state index is 11.5. The molecule has 0 N–H and O–H groups in total. The first-order valence-corrected chi connectivity index (χ1v) is 8.83. The molecule has 4 nitrogen and oxygen atoms in total. The van der Waals surface area contributed by atoms with E-state index in [0.717, 1.165) is 37.7 Å². The molecule has 0 fully saturated rings. The smallest absolute Gasteiger partial charge is 0.308 e. The van der Waals surface area contributed by atoms with Gasteiger partial charge in [0.05, 0.1) is 13.5 Å². The van der Waals surface area contributed by atoms with Crippen molar-refractivity contribution in [2.75, 3.05) is 7.11 Å². The van der Waals surface area contributed by atoms with Gasteiger partial charge in [-0.2, -0.15) is 0 Å². The maximum atomic E-state index is 11.5. The fraction of sp³-hybridized carbons (Fsp3) is 0.737. The van der Waals surface area contributed by atoms with E-state index < -0.39 is 5.60 Å². The van der Waals surface area contributed by atoms with Gasteiger partial charge in [0.15, 0.2) is 0 Å². The summed E-state index contributed by atoms with van der Waals surface area (Å²) in [5.74, 6) is 0.185. The number of hydrogen-bond donors (Lipinski definition) is 0. The van der Waals surface area contributed by atoms with Crippen molar-refractivity contribution in [2.24, 2.45) is 5.92 Å². The van der Waals surface area contributed by atoms with Crippen LogP contribution in [-0.2, 0) is 19.3 Å². The first kappa shape index (κ1) is 19.9. The van der Waals surface area contributed by atoms with Crippen LogP contribution in [0.5, 0.6) is 0 Å². The molecule has 0 amide bonds. The molecule has 0 saturated carbocycles. The largest absolute Gasteiger partial charge is 0.469 e. The van der Waals surface area contributed by atoms with Crippen molar-refractivity contribution in [1.29, 1.82) is 0 Å². The van der Waals surface area contributed by atoms with Gasteiger partial charge in [0, 0.05) is 0 Å². The number of allylic oxidation sites excluding steroid dienone is 2. The Hall–Kier alpha value is -1.13. The molecule has 132 valence electrons. The number of carbonyl (C=O) groups excluding carboxylic acids is 1. The van der Waals surface area contributed by atoms with Crippen LogP contribution in [0.3, 0.4) is 0 Å². The quantitative estimate of drug-likeness (QED) is 0.349. The van der Waals surface area contributed by atoms with Gasteiger partial charge in [-0.05, 0) is 49.7 Å². The molecule has 1 aliphatic rings. The van der Waals surface area contributed by atoms with Gasteiger partial charge in [-0.15, -0.1) is 0 Å². The highest BCUT2D eigenvalue weighted by atomic mass is 17.2. The molecule has 0 unspecified atom stereocenters. The van der Waals surface area contributed by atoms with Crippen LogP contribution in [0.2, 0.25) is 0 Å². The van der Waals surface area contributed by atoms with Crippen LogP contribution in [0, 0.1) is 5.92 Å². The van der Waals surface area contributed by atoms with Gasteiger partial charge in [0.25, 0.3) is 0 Å². The zero-order valence-corrected chi connectivity index (χ0v) is 15.3. The Morgan fingerprint density at radius 3 is 2.65 bits per heavy atom. The monoisotopic (exact) mass is 324 g/mol. The van der Waals surface area contributed by atoms with E-state index in [4.69, 9.17) is 14.5 Å². The molecule has 0 aromatic rings. The highest BCUT2D eigenvalue weighted by Gasteiger charge is 2.37. The highest BCUT2D eigenvalue weighted by Crippen LogP contribution is 2.36. The third-order valence-corrected chi connectivity index (χ3v) is 4.55. The Morgan fingerprint density at radius 2 is 2.13 bits per heavy atom. The molecule has 0 spiro atoms. The van der Waals surface area contributed by atoms with Crippen molar-refractivity contribution in [2.45, 2.75) is 77.9 Å². The summed E-state index contributed by atoms with van der Waals surface area (Å²) < 4.78 is 4.74. The molecule has 0 aromatic heterocycles. The molecule has 0 radical (unpaired) electrons. The number of carbonyl (C=O) groups is 1. The summed E-state index contributed by atoms with van der Waals surface area (Å²) in [6.07, 6.45) is 11.2. The number of ether oxygens (including phenoxy) is 1. The molecule has 0 aliphatic carbocycles. The molecule has 0 bridgehead atoms. The van der Waals surface area contributed by atoms with Crippen molar-refractivity contribution in [3.63, 3.8) is 0 Å². The van der Waals surface area contributed by atoms with Crippen molar-refractivity contribution in [1.82, 2.24) is 0 Å². The molecule has 0 saturated heterocycles. The number of methoxy groups -OCH3 is 1. The van der Waals surface area contributed by atoms with Gasteiger partial charge in [-0.3, -0.25) is 4.79 Å². The Kier molecular flexibility index (Phi) is 8.56. The van der Waals surface area contributed by atoms with E-state index in [1.807, 2.05) is 0 Å². The molecule has 1 rings (SSSR count). The number of esters is 1. The van der Waals surface area contributed by atoms with E-state index in [9.17, 15) is 4.79 Å². The maximum Gasteiger partial charge on any atom is 0.308 e. The Balaban J connectivity index is 2.92. The van der Waals surface area contributed by atoms with Crippen LogP contribution in [0.25, 0.3) is 0 Å². The molecule has 3 atom stereocenters. The second-order valence-electron chi connectivity index (χ2n) is 6.15. The molecular formula is C19H32O4. The lowest BCUT2D eigenvalue weighted by Crippen LogP contribution is -2.40. The molecule has 0 aromatic carbocycles. The first-order chi connectivity index (χ1) is 11.0. The standard InChI is InChI=1S/C19H32O4/c1-6-10-11-15(7-2)13-19(9-4)14-16(8-3)17(22-23-19)12-18(20)21-5/h10-11,14-15,17H,6-9,12-13H2,1-5H3/b11-10+/t15-,17-,19+/m0/s1. The number of rotatable bonds is 9. The van der Waals surface area contributed by atoms with Gasteiger partial charge >= 0.3 is 5.97 Å². The average Bonchev–Trinajstić information content (AvgIpc) is 2.59. The summed E-state index contributed by atoms with van der Waals surface area (Å²) in [5, 5.41) is 0. The normalized spacial score (nSPS) is 26.1. The van der Waals surface area contributed by atoms with Crippen LogP contribution in [0.4, 0.5) is 0 Å². The Labute approximate surface area is 140 Å². The van der Waals surface area contributed by atoms with E-state index in [1.54, 1.807) is 0 Å². The summed E-state index contributed by atoms with van der Waals surface area (Å²) >= 11 is 0. The lowest BCUT2D eigenvalue weighted by Gasteiger charge is -2.38. The van der Waals surface area contributed by atoms with Crippen molar-refractivity contribution >= 4 is 5.97 Å². The molecule has 1 aliphatic heterocycles. The summed E-state index contributed by atoms with van der Waals surface area (Å²) in [7, 11) is 1.39. The summed E-state index contributed by atoms with van der Waals surface area (Å²) in [5.41, 5.74) is 0.717. The SMILES string of the molecule is CC/C=C/[C@H](CC)C[C@]1(CC)C=C(CC)[C@H](CC(=O)OC)OO1. The molecular weight excluding hydrogens is 292 g/mol. The van der Waals surface area contributed by atoms with Gasteiger partial charge in [-0.25, -0.2) is 9.78 Å². The Morgan fingerprint density at radius 1 is 1.39 bits per heavy atom. The average molecular weight is 324 g/mol. The van der Waals surface area contributed by atoms with Crippen LogP contribution in [0.15, 0.2) is 23.8 Å². The topological polar surface area (TPSA) is 44.8 Å². The van der Waals surface area contributed by atoms with Crippen molar-refractivity contribution < 1.29 is 19.3 Å². The predicted octanol–water partition coefficient (Wildman–Crippen LogP) is 4.75. The van der Waals surface area contributed by atoms with Gasteiger partial charge in [0.1, 0.15) is 11.7 Å². The van der Waals surface area contributed by atoms with Gasteiger partial charge in [-0.1, -0.05) is 39.8 Å². The van der Waals surface area contributed by atoms with E-state index in [2.05, 4.69) is 45.9 Å². The van der Waals surface area contributed by atoms with Crippen molar-refractivity contribution in [3.8, 4) is 0 Å². The minimum atomic E-state index is -0.406. The first-order valence-electron chi connectivity index (χ1n) is 8.83. The zero-order chi connectivity index (χ0) is 17.3. The summed E-state index contributed by atoms with van der Waals surface area (Å²) in [6.45, 7) is 8.54. The van der Waals surface area contributed by atoms with E-state index >= 15 is 0 Å².